The summed E-state index contributed by atoms with van der Waals surface area (Å²) in [5, 5.41) is 3.49. The molecule has 1 N–H and O–H groups in total. The van der Waals surface area contributed by atoms with Gasteiger partial charge in [0.25, 0.3) is 0 Å². The number of hydrogen-bond acceptors (Lipinski definition) is 2. The lowest BCUT2D eigenvalue weighted by Gasteiger charge is -2.23. The predicted molar refractivity (Wildman–Crippen MR) is 66.9 cm³/mol. The standard InChI is InChI=1S/C12H20BrNO/c1-4-6-9(3)11(14-5-2)12-10(13)7-8-15-12/h7-9,11,14H,4-6H2,1-3H3. The molecule has 0 saturated heterocycles. The first-order valence-electron chi connectivity index (χ1n) is 5.66. The van der Waals surface area contributed by atoms with Crippen LogP contribution in [-0.2, 0) is 0 Å². The fraction of sp³-hybridized carbons (Fsp3) is 0.667. The molecular weight excluding hydrogens is 254 g/mol. The van der Waals surface area contributed by atoms with Crippen LogP contribution in [0.3, 0.4) is 0 Å². The summed E-state index contributed by atoms with van der Waals surface area (Å²) in [5.41, 5.74) is 0. The third kappa shape index (κ3) is 3.35. The van der Waals surface area contributed by atoms with Gasteiger partial charge in [-0.15, -0.1) is 0 Å². The summed E-state index contributed by atoms with van der Waals surface area (Å²) in [5.74, 6) is 1.62. The molecule has 0 aliphatic rings. The summed E-state index contributed by atoms with van der Waals surface area (Å²) < 4.78 is 6.60. The maximum absolute atomic E-state index is 5.54. The molecule has 1 heterocycles. The lowest BCUT2D eigenvalue weighted by Crippen LogP contribution is -2.26. The van der Waals surface area contributed by atoms with Crippen molar-refractivity contribution in [3.8, 4) is 0 Å². The molecule has 86 valence electrons. The summed E-state index contributed by atoms with van der Waals surface area (Å²) in [7, 11) is 0. The van der Waals surface area contributed by atoms with Crippen molar-refractivity contribution in [1.29, 1.82) is 0 Å². The van der Waals surface area contributed by atoms with E-state index >= 15 is 0 Å². The fourth-order valence-electron chi connectivity index (χ4n) is 1.92. The van der Waals surface area contributed by atoms with Crippen LogP contribution in [0.15, 0.2) is 21.2 Å². The van der Waals surface area contributed by atoms with Crippen molar-refractivity contribution < 1.29 is 4.42 Å². The van der Waals surface area contributed by atoms with Gasteiger partial charge >= 0.3 is 0 Å². The molecule has 2 nitrogen and oxygen atoms in total. The average Bonchev–Trinajstić information content (AvgIpc) is 2.61. The zero-order valence-electron chi connectivity index (χ0n) is 9.72. The Labute approximate surface area is 101 Å². The van der Waals surface area contributed by atoms with Gasteiger partial charge in [-0.25, -0.2) is 0 Å². The van der Waals surface area contributed by atoms with E-state index in [0.717, 1.165) is 16.8 Å². The van der Waals surface area contributed by atoms with Crippen molar-refractivity contribution in [3.05, 3.63) is 22.6 Å². The van der Waals surface area contributed by atoms with Crippen molar-refractivity contribution in [3.63, 3.8) is 0 Å². The third-order valence-electron chi connectivity index (χ3n) is 2.66. The number of halogens is 1. The Kier molecular flexibility index (Phi) is 5.40. The second kappa shape index (κ2) is 6.33. The van der Waals surface area contributed by atoms with E-state index in [0.29, 0.717) is 12.0 Å². The van der Waals surface area contributed by atoms with Gasteiger partial charge in [-0.1, -0.05) is 27.2 Å². The van der Waals surface area contributed by atoms with Gasteiger partial charge in [0.15, 0.2) is 0 Å². The predicted octanol–water partition coefficient (Wildman–Crippen LogP) is 4.13. The molecule has 0 fully saturated rings. The Balaban J connectivity index is 2.77. The molecule has 0 spiro atoms. The second-order valence-corrected chi connectivity index (χ2v) is 4.79. The van der Waals surface area contributed by atoms with Gasteiger partial charge in [-0.2, -0.15) is 0 Å². The third-order valence-corrected chi connectivity index (χ3v) is 3.32. The molecule has 1 aromatic rings. The molecule has 1 rings (SSSR count). The highest BCUT2D eigenvalue weighted by Gasteiger charge is 2.22. The summed E-state index contributed by atoms with van der Waals surface area (Å²) in [6.45, 7) is 7.58. The normalized spacial score (nSPS) is 15.2. The van der Waals surface area contributed by atoms with E-state index < -0.39 is 0 Å². The molecule has 0 amide bonds. The van der Waals surface area contributed by atoms with Crippen molar-refractivity contribution in [2.75, 3.05) is 6.54 Å². The lowest BCUT2D eigenvalue weighted by molar-refractivity contribution is 0.313. The van der Waals surface area contributed by atoms with Crippen molar-refractivity contribution in [2.45, 2.75) is 39.7 Å². The monoisotopic (exact) mass is 273 g/mol. The first-order valence-corrected chi connectivity index (χ1v) is 6.46. The Bertz CT molecular complexity index is 285. The molecule has 0 radical (unpaired) electrons. The highest BCUT2D eigenvalue weighted by Crippen LogP contribution is 2.31. The van der Waals surface area contributed by atoms with Gasteiger partial charge in [0, 0.05) is 0 Å². The summed E-state index contributed by atoms with van der Waals surface area (Å²) in [6.07, 6.45) is 4.16. The molecule has 2 atom stereocenters. The van der Waals surface area contributed by atoms with E-state index in [1.54, 1.807) is 6.26 Å². The molecule has 0 aliphatic heterocycles. The summed E-state index contributed by atoms with van der Waals surface area (Å²) >= 11 is 3.52. The largest absolute Gasteiger partial charge is 0.466 e. The van der Waals surface area contributed by atoms with E-state index in [9.17, 15) is 0 Å². The summed E-state index contributed by atoms with van der Waals surface area (Å²) in [4.78, 5) is 0. The first kappa shape index (κ1) is 12.8. The smallest absolute Gasteiger partial charge is 0.135 e. The van der Waals surface area contributed by atoms with Crippen LogP contribution in [0.2, 0.25) is 0 Å². The molecule has 2 unspecified atom stereocenters. The van der Waals surface area contributed by atoms with E-state index in [4.69, 9.17) is 4.42 Å². The number of hydrogen-bond donors (Lipinski definition) is 1. The minimum Gasteiger partial charge on any atom is -0.466 e. The maximum atomic E-state index is 5.54. The second-order valence-electron chi connectivity index (χ2n) is 3.93. The van der Waals surface area contributed by atoms with Crippen molar-refractivity contribution in [1.82, 2.24) is 5.32 Å². The van der Waals surface area contributed by atoms with Gasteiger partial charge < -0.3 is 9.73 Å². The molecule has 0 aliphatic carbocycles. The molecule has 0 aromatic carbocycles. The number of nitrogens with one attached hydrogen (secondary N) is 1. The zero-order chi connectivity index (χ0) is 11.3. The fourth-order valence-corrected chi connectivity index (χ4v) is 2.37. The number of rotatable bonds is 6. The van der Waals surface area contributed by atoms with E-state index in [1.807, 2.05) is 6.07 Å². The maximum Gasteiger partial charge on any atom is 0.135 e. The van der Waals surface area contributed by atoms with E-state index in [-0.39, 0.29) is 0 Å². The average molecular weight is 274 g/mol. The van der Waals surface area contributed by atoms with Gasteiger partial charge in [-0.3, -0.25) is 0 Å². The van der Waals surface area contributed by atoms with Gasteiger partial charge in [0.1, 0.15) is 5.76 Å². The minimum atomic E-state index is 0.319. The van der Waals surface area contributed by atoms with Crippen LogP contribution in [0.4, 0.5) is 0 Å². The lowest BCUT2D eigenvalue weighted by atomic mass is 9.95. The van der Waals surface area contributed by atoms with Crippen LogP contribution in [0.5, 0.6) is 0 Å². The van der Waals surface area contributed by atoms with Crippen LogP contribution in [-0.4, -0.2) is 6.54 Å². The van der Waals surface area contributed by atoms with Crippen LogP contribution in [0.25, 0.3) is 0 Å². The SMILES string of the molecule is CCCC(C)C(NCC)c1occc1Br. The molecule has 15 heavy (non-hydrogen) atoms. The quantitative estimate of drug-likeness (QED) is 0.843. The topological polar surface area (TPSA) is 25.2 Å². The molecule has 1 aromatic heterocycles. The first-order chi connectivity index (χ1) is 7.20. The van der Waals surface area contributed by atoms with Crippen LogP contribution in [0, 0.1) is 5.92 Å². The van der Waals surface area contributed by atoms with Crippen LogP contribution >= 0.6 is 15.9 Å². The van der Waals surface area contributed by atoms with E-state index in [2.05, 4.69) is 42.0 Å². The highest BCUT2D eigenvalue weighted by atomic mass is 79.9. The van der Waals surface area contributed by atoms with Crippen LogP contribution < -0.4 is 5.32 Å². The Morgan fingerprint density at radius 2 is 2.20 bits per heavy atom. The van der Waals surface area contributed by atoms with Gasteiger partial charge in [0.05, 0.1) is 16.8 Å². The Hall–Kier alpha value is -0.280. The minimum absolute atomic E-state index is 0.319. The van der Waals surface area contributed by atoms with Crippen molar-refractivity contribution >= 4 is 15.9 Å². The Morgan fingerprint density at radius 1 is 1.47 bits per heavy atom. The highest BCUT2D eigenvalue weighted by molar-refractivity contribution is 9.10. The number of furan rings is 1. The molecule has 3 heteroatoms. The van der Waals surface area contributed by atoms with Crippen molar-refractivity contribution in [2.24, 2.45) is 5.92 Å². The molecular formula is C12H20BrNO. The zero-order valence-corrected chi connectivity index (χ0v) is 11.3. The van der Waals surface area contributed by atoms with Gasteiger partial charge in [0.2, 0.25) is 0 Å². The molecule has 0 saturated carbocycles. The van der Waals surface area contributed by atoms with Gasteiger partial charge in [-0.05, 0) is 40.9 Å². The van der Waals surface area contributed by atoms with Crippen LogP contribution in [0.1, 0.15) is 45.4 Å². The summed E-state index contributed by atoms with van der Waals surface area (Å²) in [6, 6.07) is 2.28. The molecule has 0 bridgehead atoms. The Morgan fingerprint density at radius 3 is 2.67 bits per heavy atom. The van der Waals surface area contributed by atoms with E-state index in [1.165, 1.54) is 12.8 Å².